The van der Waals surface area contributed by atoms with Gasteiger partial charge in [-0.2, -0.15) is 0 Å². The quantitative estimate of drug-likeness (QED) is 0.118. The number of aromatic nitrogens is 4. The Labute approximate surface area is 485 Å². The van der Waals surface area contributed by atoms with E-state index in [1.54, 1.807) is 33.4 Å². The molecule has 0 radical (unpaired) electrons. The fourth-order valence-electron chi connectivity index (χ4n) is 11.5. The average Bonchev–Trinajstić information content (AvgIpc) is 1.50. The lowest BCUT2D eigenvalue weighted by atomic mass is 9.81. The molecule has 0 unspecified atom stereocenters. The monoisotopic (exact) mass is 1040 g/mol. The van der Waals surface area contributed by atoms with Crippen LogP contribution in [0, 0.1) is 33.7 Å². The third-order valence-corrected chi connectivity index (χ3v) is 15.1. The molecule has 0 spiro atoms. The van der Waals surface area contributed by atoms with Crippen LogP contribution in [0.2, 0.25) is 0 Å². The van der Waals surface area contributed by atoms with Gasteiger partial charge in [-0.25, -0.2) is 4.98 Å². The van der Waals surface area contributed by atoms with Crippen LogP contribution in [-0.2, 0) is 5.41 Å². The van der Waals surface area contributed by atoms with Crippen LogP contribution in [0.1, 0.15) is 71.9 Å². The van der Waals surface area contributed by atoms with Crippen LogP contribution < -0.4 is 9.30 Å². The summed E-state index contributed by atoms with van der Waals surface area (Å²) in [5.41, 5.74) is 4.18. The summed E-state index contributed by atoms with van der Waals surface area (Å²) < 4.78 is 167. The smallest absolute Gasteiger partial charge is 0.269 e. The molecule has 10 aromatic carbocycles. The molecule has 0 saturated carbocycles. The first kappa shape index (κ1) is 32.9. The van der Waals surface area contributed by atoms with E-state index in [1.807, 2.05) is 109 Å². The van der Waals surface area contributed by atoms with E-state index >= 15 is 0 Å². The Morgan fingerprint density at radius 2 is 1.10 bits per heavy atom. The molecule has 0 atom stereocenters. The zero-order valence-corrected chi connectivity index (χ0v) is 43.2. The minimum atomic E-state index is -3.05. The van der Waals surface area contributed by atoms with Gasteiger partial charge in [0, 0.05) is 39.5 Å². The van der Waals surface area contributed by atoms with E-state index in [1.165, 1.54) is 42.5 Å². The SMILES string of the molecule is [2H]c1c([2H])c([2H])c(-c2cccc3c2-c2cc(-c4c(C([2H])([2H])[2H])cccc4C([2H])([2H])[2H])cc(-c4c(C([2H])([2H])[2H])cccc4C([2H])([2H])[2H])c2-[n+]2[c-]n(-c4cccc(Oc5ccc6c7ccccc7n(-c7cc(C(C)(C)C)ccn7)c6c5)c4)c4cccc(c42)-c2ccccc2-3)c([2H])c1[2H]. The molecule has 0 N–H and O–H groups in total. The standard InChI is InChI=1S/C74H58N4O/c1-46-20-15-21-47(2)69(46)51-40-63(70-48(3)22-16-23-49(70)4)72-64(41-51)71-56(50-24-9-8-10-25-50)31-18-32-61(71)57-28-11-12-29-58(57)62-33-19-35-66-73(62)77(72)45-76(66)53-26-17-27-54(43-53)79-55-36-37-60-59-30-13-14-34-65(59)78(67(60)44-55)68-42-52(38-39-75-68)74(5,6)7/h8-44H,1-7H3/i1D3,2D3,3D3,4D3,8D,9D,10D,24D,25D. The highest BCUT2D eigenvalue weighted by Gasteiger charge is 2.30. The van der Waals surface area contributed by atoms with E-state index in [0.717, 1.165) is 33.2 Å². The molecule has 5 nitrogen and oxygen atoms in total. The summed E-state index contributed by atoms with van der Waals surface area (Å²) in [6.07, 6.45) is 5.47. The van der Waals surface area contributed by atoms with Crippen molar-refractivity contribution in [3.63, 3.8) is 0 Å². The molecule has 4 heterocycles. The molecule has 0 aliphatic carbocycles. The third kappa shape index (κ3) is 7.90. The number of fused-ring (bicyclic) bond motifs is 10. The minimum Gasteiger partial charge on any atom is -0.458 e. The normalized spacial score (nSPS) is 15.8. The number of nitrogens with zero attached hydrogens (tertiary/aromatic N) is 4. The van der Waals surface area contributed by atoms with Crippen molar-refractivity contribution in [3.05, 3.63) is 259 Å². The first-order valence-corrected chi connectivity index (χ1v) is 25.9. The summed E-state index contributed by atoms with van der Waals surface area (Å²) in [6.45, 7) is -5.59. The minimum absolute atomic E-state index is 0.0476. The first-order valence-electron chi connectivity index (χ1n) is 34.4. The molecule has 0 amide bonds. The summed E-state index contributed by atoms with van der Waals surface area (Å²) in [4.78, 5) is 4.87. The van der Waals surface area contributed by atoms with Gasteiger partial charge in [0.05, 0.1) is 40.3 Å². The van der Waals surface area contributed by atoms with Gasteiger partial charge in [0.2, 0.25) is 0 Å². The van der Waals surface area contributed by atoms with Crippen molar-refractivity contribution in [1.29, 1.82) is 0 Å². The van der Waals surface area contributed by atoms with Crippen LogP contribution >= 0.6 is 0 Å². The van der Waals surface area contributed by atoms with E-state index in [2.05, 4.69) is 49.9 Å². The molecule has 1 aliphatic heterocycles. The molecular weight excluding hydrogens is 961 g/mol. The number of imidazole rings is 1. The van der Waals surface area contributed by atoms with Crippen molar-refractivity contribution in [2.24, 2.45) is 0 Å². The van der Waals surface area contributed by atoms with Crippen molar-refractivity contribution in [2.45, 2.75) is 53.6 Å². The second-order valence-electron chi connectivity index (χ2n) is 20.9. The summed E-state index contributed by atoms with van der Waals surface area (Å²) in [7, 11) is 0. The number of benzene rings is 10. The highest BCUT2D eigenvalue weighted by molar-refractivity contribution is 6.10. The number of aryl methyl sites for hydroxylation is 4. The van der Waals surface area contributed by atoms with Gasteiger partial charge >= 0.3 is 0 Å². The van der Waals surface area contributed by atoms with Crippen molar-refractivity contribution >= 4 is 32.8 Å². The van der Waals surface area contributed by atoms with Gasteiger partial charge in [-0.05, 0) is 188 Å². The first-order chi connectivity index (χ1) is 45.4. The van der Waals surface area contributed by atoms with E-state index < -0.39 is 68.7 Å². The zero-order valence-electron chi connectivity index (χ0n) is 60.2. The maximum absolute atomic E-state index is 9.56. The van der Waals surface area contributed by atoms with Crippen LogP contribution in [0.25, 0.3) is 117 Å². The fourth-order valence-corrected chi connectivity index (χ4v) is 11.5. The number of rotatable bonds is 7. The summed E-state index contributed by atoms with van der Waals surface area (Å²) in [5, 5.41) is 2.01. The van der Waals surface area contributed by atoms with Gasteiger partial charge in [-0.3, -0.25) is 13.7 Å². The molecule has 0 saturated heterocycles. The van der Waals surface area contributed by atoms with Crippen molar-refractivity contribution in [1.82, 2.24) is 14.1 Å². The summed E-state index contributed by atoms with van der Waals surface area (Å²) in [5.74, 6) is 1.67. The largest absolute Gasteiger partial charge is 0.458 e. The Balaban J connectivity index is 1.12. The van der Waals surface area contributed by atoms with Gasteiger partial charge in [0.1, 0.15) is 17.3 Å². The zero-order chi connectivity index (χ0) is 68.0. The van der Waals surface area contributed by atoms with Crippen molar-refractivity contribution < 1.29 is 32.6 Å². The topological polar surface area (TPSA) is 35.9 Å². The maximum Gasteiger partial charge on any atom is 0.269 e. The maximum atomic E-state index is 9.56. The number of hydrogen-bond donors (Lipinski definition) is 0. The molecule has 14 rings (SSSR count). The Morgan fingerprint density at radius 3 is 1.86 bits per heavy atom. The average molecular weight is 1040 g/mol. The second-order valence-corrected chi connectivity index (χ2v) is 20.9. The molecule has 380 valence electrons. The lowest BCUT2D eigenvalue weighted by Crippen LogP contribution is -2.32. The Kier molecular flexibility index (Phi) is 7.73. The van der Waals surface area contributed by atoms with Crippen LogP contribution in [0.15, 0.2) is 224 Å². The van der Waals surface area contributed by atoms with Gasteiger partial charge in [0.25, 0.3) is 6.33 Å². The summed E-state index contributed by atoms with van der Waals surface area (Å²) in [6, 6.07) is 51.4. The molecule has 79 heavy (non-hydrogen) atoms. The van der Waals surface area contributed by atoms with Crippen molar-refractivity contribution in [2.75, 3.05) is 0 Å². The highest BCUT2D eigenvalue weighted by atomic mass is 16.5. The Morgan fingerprint density at radius 1 is 0.494 bits per heavy atom. The van der Waals surface area contributed by atoms with Crippen LogP contribution in [0.3, 0.4) is 0 Å². The van der Waals surface area contributed by atoms with E-state index in [9.17, 15) is 11.0 Å². The Hall–Kier alpha value is -9.58. The van der Waals surface area contributed by atoms with Crippen LogP contribution in [0.4, 0.5) is 0 Å². The summed E-state index contributed by atoms with van der Waals surface area (Å²) >= 11 is 0. The molecule has 3 aromatic heterocycles. The number of pyridine rings is 1. The number of ether oxygens (including phenoxy) is 1. The lowest BCUT2D eigenvalue weighted by molar-refractivity contribution is -0.570. The van der Waals surface area contributed by atoms with E-state index in [4.69, 9.17) is 22.1 Å². The predicted molar refractivity (Wildman–Crippen MR) is 326 cm³/mol. The van der Waals surface area contributed by atoms with Gasteiger partial charge in [-0.15, -0.1) is 0 Å². The van der Waals surface area contributed by atoms with Crippen molar-refractivity contribution in [3.8, 4) is 95.5 Å². The number of hydrogen-bond acceptors (Lipinski definition) is 2. The second kappa shape index (κ2) is 18.6. The lowest BCUT2D eigenvalue weighted by Gasteiger charge is -2.25. The molecule has 13 aromatic rings. The molecular formula is C74H58N4O. The molecule has 0 bridgehead atoms. The Bertz CT molecular complexity index is 5300. The molecule has 1 aliphatic rings. The fraction of sp³-hybridized carbons (Fsp3) is 0.108. The molecule has 5 heteroatoms. The van der Waals surface area contributed by atoms with Crippen LogP contribution in [0.5, 0.6) is 11.5 Å². The van der Waals surface area contributed by atoms with Gasteiger partial charge in [-0.1, -0.05) is 172 Å². The highest BCUT2D eigenvalue weighted by Crippen LogP contribution is 2.51. The predicted octanol–water partition coefficient (Wildman–Crippen LogP) is 18.8. The number of para-hydroxylation sites is 2. The van der Waals surface area contributed by atoms with Gasteiger partial charge < -0.3 is 4.74 Å². The van der Waals surface area contributed by atoms with E-state index in [-0.39, 0.29) is 66.7 Å². The van der Waals surface area contributed by atoms with E-state index in [0.29, 0.717) is 50.5 Å². The van der Waals surface area contributed by atoms with Gasteiger partial charge in [0.15, 0.2) is 0 Å². The van der Waals surface area contributed by atoms with Crippen LogP contribution in [-0.4, -0.2) is 14.1 Å². The third-order valence-electron chi connectivity index (χ3n) is 15.1. The molecule has 0 fully saturated rings.